The molecule has 0 N–H and O–H groups in total. The lowest BCUT2D eigenvalue weighted by Crippen LogP contribution is -2.55. The normalized spacial score (nSPS) is 13.3. The molecule has 0 aromatic heterocycles. The Kier molecular flexibility index (Phi) is 33.9. The van der Waals surface area contributed by atoms with Crippen LogP contribution in [0.1, 0.15) is 174 Å². The van der Waals surface area contributed by atoms with Crippen LogP contribution in [0.15, 0.2) is 36.5 Å². The van der Waals surface area contributed by atoms with Crippen LogP contribution in [0, 0.1) is 0 Å². The molecule has 2 unspecified atom stereocenters. The number of hydrogen-bond acceptors (Lipinski definition) is 7. The Balaban J connectivity index is 4.28. The summed E-state index contributed by atoms with van der Waals surface area (Å²) in [6.45, 7) is 4.49. The van der Waals surface area contributed by atoms with E-state index in [1.54, 1.807) is 21.1 Å². The molecule has 0 aliphatic heterocycles. The van der Waals surface area contributed by atoms with Gasteiger partial charge in [0.25, 0.3) is 0 Å². The highest BCUT2D eigenvalue weighted by Crippen LogP contribution is 2.13. The standard InChI is InChI=1S/C44H79NO7/c1-6-8-10-12-14-16-17-18-19-20-21-22-23-24-25-27-28-30-32-34-42(46)51-39-40(38-50-37-36-41(44(48)49)45(3,4)5)52-43(47)35-33-31-29-26-15-13-11-9-7-2/h9,11,15,20-21,26,40-41H,6-8,10,12-14,16-19,22-25,27-39H2,1-5H3/b11-9+,21-20+,26-15+. The van der Waals surface area contributed by atoms with Gasteiger partial charge in [-0.2, -0.15) is 0 Å². The molecule has 52 heavy (non-hydrogen) atoms. The fraction of sp³-hybridized carbons (Fsp3) is 0.795. The maximum Gasteiger partial charge on any atom is 0.306 e. The summed E-state index contributed by atoms with van der Waals surface area (Å²) in [7, 11) is 5.38. The molecule has 0 saturated carbocycles. The Morgan fingerprint density at radius 3 is 1.63 bits per heavy atom. The number of unbranched alkanes of at least 4 members (excludes halogenated alkanes) is 17. The summed E-state index contributed by atoms with van der Waals surface area (Å²) in [5.41, 5.74) is 0. The van der Waals surface area contributed by atoms with Crippen molar-refractivity contribution in [2.45, 2.75) is 187 Å². The highest BCUT2D eigenvalue weighted by Gasteiger charge is 2.25. The van der Waals surface area contributed by atoms with E-state index in [9.17, 15) is 19.5 Å². The first-order valence-electron chi connectivity index (χ1n) is 21.0. The third kappa shape index (κ3) is 33.4. The van der Waals surface area contributed by atoms with Gasteiger partial charge in [-0.1, -0.05) is 127 Å². The van der Waals surface area contributed by atoms with Crippen molar-refractivity contribution in [1.82, 2.24) is 0 Å². The van der Waals surface area contributed by atoms with Crippen LogP contribution in [-0.4, -0.2) is 75.5 Å². The lowest BCUT2D eigenvalue weighted by Gasteiger charge is -2.34. The number of ether oxygens (including phenoxy) is 3. The highest BCUT2D eigenvalue weighted by molar-refractivity contribution is 5.70. The Hall–Kier alpha value is -2.45. The summed E-state index contributed by atoms with van der Waals surface area (Å²) < 4.78 is 17.1. The lowest BCUT2D eigenvalue weighted by atomic mass is 10.1. The molecule has 0 fully saturated rings. The van der Waals surface area contributed by atoms with E-state index in [2.05, 4.69) is 50.3 Å². The largest absolute Gasteiger partial charge is 0.544 e. The van der Waals surface area contributed by atoms with E-state index in [0.717, 1.165) is 44.9 Å². The first-order chi connectivity index (χ1) is 25.1. The Labute approximate surface area is 319 Å². The van der Waals surface area contributed by atoms with Gasteiger partial charge in [0.1, 0.15) is 12.6 Å². The van der Waals surface area contributed by atoms with Gasteiger partial charge in [-0.05, 0) is 64.2 Å². The number of carbonyl (C=O) groups is 3. The predicted octanol–water partition coefficient (Wildman–Crippen LogP) is 9.74. The number of hydrogen-bond donors (Lipinski definition) is 0. The van der Waals surface area contributed by atoms with Gasteiger partial charge in [0.15, 0.2) is 6.10 Å². The third-order valence-corrected chi connectivity index (χ3v) is 9.26. The number of carboxylic acids is 1. The highest BCUT2D eigenvalue weighted by atomic mass is 16.6. The van der Waals surface area contributed by atoms with Gasteiger partial charge >= 0.3 is 11.9 Å². The van der Waals surface area contributed by atoms with Crippen molar-refractivity contribution < 1.29 is 38.2 Å². The molecule has 0 aliphatic carbocycles. The summed E-state index contributed by atoms with van der Waals surface area (Å²) in [4.78, 5) is 36.6. The molecule has 0 amide bonds. The third-order valence-electron chi connectivity index (χ3n) is 9.26. The second-order valence-corrected chi connectivity index (χ2v) is 15.2. The van der Waals surface area contributed by atoms with Crippen molar-refractivity contribution in [2.75, 3.05) is 41.0 Å². The van der Waals surface area contributed by atoms with Crippen molar-refractivity contribution in [2.24, 2.45) is 0 Å². The molecule has 8 heteroatoms. The number of aliphatic carboxylic acids is 1. The molecule has 0 bridgehead atoms. The second kappa shape index (κ2) is 35.6. The van der Waals surface area contributed by atoms with Gasteiger partial charge in [0.05, 0.1) is 40.3 Å². The van der Waals surface area contributed by atoms with Gasteiger partial charge in [-0.25, -0.2) is 0 Å². The van der Waals surface area contributed by atoms with Gasteiger partial charge in [-0.15, -0.1) is 0 Å². The summed E-state index contributed by atoms with van der Waals surface area (Å²) in [5.74, 6) is -1.79. The molecule has 0 aliphatic rings. The average Bonchev–Trinajstić information content (AvgIpc) is 3.09. The van der Waals surface area contributed by atoms with Crippen LogP contribution < -0.4 is 5.11 Å². The topological polar surface area (TPSA) is 102 Å². The van der Waals surface area contributed by atoms with Crippen molar-refractivity contribution in [3.05, 3.63) is 36.5 Å². The van der Waals surface area contributed by atoms with E-state index < -0.39 is 18.1 Å². The zero-order valence-electron chi connectivity index (χ0n) is 34.2. The number of esters is 2. The summed E-state index contributed by atoms with van der Waals surface area (Å²) >= 11 is 0. The molecule has 2 atom stereocenters. The molecule has 0 heterocycles. The number of quaternary nitrogens is 1. The Morgan fingerprint density at radius 1 is 0.596 bits per heavy atom. The smallest absolute Gasteiger partial charge is 0.306 e. The molecule has 0 rings (SSSR count). The van der Waals surface area contributed by atoms with Crippen LogP contribution in [0.2, 0.25) is 0 Å². The van der Waals surface area contributed by atoms with Gasteiger partial charge < -0.3 is 28.6 Å². The maximum absolute atomic E-state index is 12.6. The molecule has 8 nitrogen and oxygen atoms in total. The molecule has 0 aromatic carbocycles. The number of nitrogens with zero attached hydrogens (tertiary/aromatic N) is 1. The van der Waals surface area contributed by atoms with Crippen LogP contribution >= 0.6 is 0 Å². The second-order valence-electron chi connectivity index (χ2n) is 15.2. The van der Waals surface area contributed by atoms with Crippen LogP contribution in [0.25, 0.3) is 0 Å². The number of allylic oxidation sites excluding steroid dienone is 6. The van der Waals surface area contributed by atoms with Crippen LogP contribution in [0.5, 0.6) is 0 Å². The minimum atomic E-state index is -1.13. The number of carboxylic acid groups (broad SMARTS) is 1. The Morgan fingerprint density at radius 2 is 1.08 bits per heavy atom. The fourth-order valence-electron chi connectivity index (χ4n) is 5.98. The molecule has 0 spiro atoms. The first-order valence-corrected chi connectivity index (χ1v) is 21.0. The molecule has 302 valence electrons. The molecule has 0 aromatic rings. The van der Waals surface area contributed by atoms with E-state index >= 15 is 0 Å². The Bertz CT molecular complexity index is 953. The van der Waals surface area contributed by atoms with E-state index in [1.807, 2.05) is 0 Å². The van der Waals surface area contributed by atoms with E-state index in [4.69, 9.17) is 14.2 Å². The number of rotatable bonds is 37. The molecule has 0 saturated heterocycles. The molecule has 0 radical (unpaired) electrons. The summed E-state index contributed by atoms with van der Waals surface area (Å²) in [5, 5.41) is 11.6. The number of likely N-dealkylation sites (N-methyl/N-ethyl adjacent to an activating group) is 1. The number of carbonyl (C=O) groups excluding carboxylic acids is 3. The molecular weight excluding hydrogens is 654 g/mol. The van der Waals surface area contributed by atoms with Crippen molar-refractivity contribution in [3.63, 3.8) is 0 Å². The van der Waals surface area contributed by atoms with Crippen molar-refractivity contribution in [3.8, 4) is 0 Å². The van der Waals surface area contributed by atoms with Crippen molar-refractivity contribution >= 4 is 17.9 Å². The maximum atomic E-state index is 12.6. The molecular formula is C44H79NO7. The zero-order chi connectivity index (χ0) is 38.5. The van der Waals surface area contributed by atoms with E-state index in [0.29, 0.717) is 12.8 Å². The van der Waals surface area contributed by atoms with Crippen LogP contribution in [-0.2, 0) is 28.6 Å². The first kappa shape index (κ1) is 49.6. The SMILES string of the molecule is CC/C=C/C/C=C/CCCCC(=O)OC(COCCC(C(=O)[O-])[N+](C)(C)C)COC(=O)CCCCCCCCC/C=C/CCCCCCCCCC. The van der Waals surface area contributed by atoms with Crippen LogP contribution in [0.3, 0.4) is 0 Å². The van der Waals surface area contributed by atoms with Gasteiger partial charge in [-0.3, -0.25) is 9.59 Å². The van der Waals surface area contributed by atoms with Gasteiger partial charge in [0.2, 0.25) is 0 Å². The summed E-state index contributed by atoms with van der Waals surface area (Å²) in [6.07, 6.45) is 39.0. The fourth-order valence-corrected chi connectivity index (χ4v) is 5.98. The van der Waals surface area contributed by atoms with Crippen molar-refractivity contribution in [1.29, 1.82) is 0 Å². The monoisotopic (exact) mass is 734 g/mol. The average molecular weight is 734 g/mol. The zero-order valence-corrected chi connectivity index (χ0v) is 34.2. The van der Waals surface area contributed by atoms with E-state index in [1.165, 1.54) is 89.9 Å². The minimum Gasteiger partial charge on any atom is -0.544 e. The van der Waals surface area contributed by atoms with Crippen LogP contribution in [0.4, 0.5) is 0 Å². The van der Waals surface area contributed by atoms with E-state index in [-0.39, 0.29) is 49.1 Å². The van der Waals surface area contributed by atoms with Gasteiger partial charge in [0, 0.05) is 19.3 Å². The quantitative estimate of drug-likeness (QED) is 0.0271. The minimum absolute atomic E-state index is 0.0268. The lowest BCUT2D eigenvalue weighted by molar-refractivity contribution is -0.889. The summed E-state index contributed by atoms with van der Waals surface area (Å²) in [6, 6.07) is -0.730. The predicted molar refractivity (Wildman–Crippen MR) is 213 cm³/mol.